The number of rotatable bonds is 0. The summed E-state index contributed by atoms with van der Waals surface area (Å²) in [6.45, 7) is 0. The molecule has 0 atom stereocenters. The van der Waals surface area contributed by atoms with Gasteiger partial charge in [0.25, 0.3) is 0 Å². The molecule has 2 radical (unpaired) electrons. The quantitative estimate of drug-likeness (QED) is 0.413. The van der Waals surface area contributed by atoms with Crippen LogP contribution >= 0.6 is 0 Å². The normalized spacial score (nSPS) is 6.44. The molecule has 0 spiro atoms. The fraction of sp³-hybridized carbons (Fsp3) is 0. The van der Waals surface area contributed by atoms with E-state index in [0.717, 1.165) is 0 Å². The van der Waals surface area contributed by atoms with E-state index in [9.17, 15) is 0 Å². The van der Waals surface area contributed by atoms with Gasteiger partial charge in [0, 0.05) is 44.0 Å². The molecule has 0 heterocycles. The molecule has 0 aromatic carbocycles. The van der Waals surface area contributed by atoms with Crippen molar-refractivity contribution in [2.75, 3.05) is 0 Å². The molecular weight excluding hydrogens is 242 g/mol. The third-order valence-corrected chi connectivity index (χ3v) is 0. The van der Waals surface area contributed by atoms with Crippen molar-refractivity contribution in [1.29, 1.82) is 0 Å². The molecule has 0 fully saturated rings. The van der Waals surface area contributed by atoms with Crippen molar-refractivity contribution in [1.82, 2.24) is 12.3 Å². The van der Waals surface area contributed by atoms with E-state index < -0.39 is 10.4 Å². The van der Waals surface area contributed by atoms with E-state index in [2.05, 4.69) is 0 Å². The molecule has 0 aliphatic heterocycles. The van der Waals surface area contributed by atoms with Crippen molar-refractivity contribution in [2.24, 2.45) is 0 Å². The van der Waals surface area contributed by atoms with Gasteiger partial charge in [0.1, 0.15) is 0 Å². The molecule has 6 nitrogen and oxygen atoms in total. The molecule has 0 unspecified atom stereocenters. The van der Waals surface area contributed by atoms with Crippen molar-refractivity contribution < 1.29 is 51.1 Å². The van der Waals surface area contributed by atoms with Gasteiger partial charge in [-0.2, -0.15) is 0 Å². The maximum absolute atomic E-state index is 8.52. The van der Waals surface area contributed by atoms with Crippen molar-refractivity contribution in [3.05, 3.63) is 0 Å². The van der Waals surface area contributed by atoms with Gasteiger partial charge in [-0.15, -0.1) is 0 Å². The van der Waals surface area contributed by atoms with Gasteiger partial charge in [0.2, 0.25) is 0 Å². The largest absolute Gasteiger partial charge is 0.759 e. The van der Waals surface area contributed by atoms with E-state index in [0.29, 0.717) is 0 Å². The van der Waals surface area contributed by atoms with Gasteiger partial charge in [0.15, 0.2) is 0 Å². The van der Waals surface area contributed by atoms with Gasteiger partial charge in [-0.1, -0.05) is 0 Å². The van der Waals surface area contributed by atoms with Crippen molar-refractivity contribution in [2.45, 2.75) is 0 Å². The van der Waals surface area contributed by atoms with Gasteiger partial charge in [0.05, 0.1) is 0 Å². The Morgan fingerprint density at radius 3 is 0.889 bits per heavy atom. The summed E-state index contributed by atoms with van der Waals surface area (Å²) >= 11 is 0. The third-order valence-electron chi connectivity index (χ3n) is 0. The van der Waals surface area contributed by atoms with Crippen LogP contribution in [0.4, 0.5) is 0 Å². The van der Waals surface area contributed by atoms with Crippen LogP contribution in [0.1, 0.15) is 0 Å². The van der Waals surface area contributed by atoms with Gasteiger partial charge < -0.3 is 21.4 Å². The molecule has 66 valence electrons. The summed E-state index contributed by atoms with van der Waals surface area (Å²) < 4.78 is 34.1. The van der Waals surface area contributed by atoms with Gasteiger partial charge >= 0.3 is 0 Å². The zero-order valence-electron chi connectivity index (χ0n) is 4.12. The second-order valence-electron chi connectivity index (χ2n) is 0.408. The summed E-state index contributed by atoms with van der Waals surface area (Å²) in [5.41, 5.74) is 0. The fourth-order valence-corrected chi connectivity index (χ4v) is 0. The summed E-state index contributed by atoms with van der Waals surface area (Å²) in [6, 6.07) is 0. The predicted molar refractivity (Wildman–Crippen MR) is 20.5 cm³/mol. The first-order valence-corrected chi connectivity index (χ1v) is 2.00. The molecule has 0 aromatic heterocycles. The van der Waals surface area contributed by atoms with E-state index in [1.54, 1.807) is 0 Å². The first-order valence-electron chi connectivity index (χ1n) is 0.667. The molecule has 0 rings (SSSR count). The first-order chi connectivity index (χ1) is 2.00. The fourth-order valence-electron chi connectivity index (χ4n) is 0. The average molecular weight is 248 g/mol. The van der Waals surface area contributed by atoms with Crippen LogP contribution in [-0.2, 0) is 44.0 Å². The monoisotopic (exact) mass is 248 g/mol. The molecule has 0 aliphatic rings. The van der Waals surface area contributed by atoms with Crippen LogP contribution < -0.4 is 12.3 Å². The molecule has 6 N–H and O–H groups in total. The SMILES string of the molecule is N.N.O=S(=O)([O-])[O-].[Co].[Co]. The molecule has 0 saturated carbocycles. The van der Waals surface area contributed by atoms with Crippen LogP contribution in [0.3, 0.4) is 0 Å². The molecule has 9 heavy (non-hydrogen) atoms. The molecule has 0 aromatic rings. The summed E-state index contributed by atoms with van der Waals surface area (Å²) in [7, 11) is -5.17. The number of hydrogen-bond donors (Lipinski definition) is 2. The third kappa shape index (κ3) is 632. The maximum atomic E-state index is 8.52. The van der Waals surface area contributed by atoms with E-state index >= 15 is 0 Å². The summed E-state index contributed by atoms with van der Waals surface area (Å²) in [5.74, 6) is 0. The molecule has 0 amide bonds. The first kappa shape index (κ1) is 32.9. The average Bonchev–Trinajstić information content (AvgIpc) is 0.722. The van der Waals surface area contributed by atoms with Crippen molar-refractivity contribution >= 4 is 10.4 Å². The van der Waals surface area contributed by atoms with E-state index in [1.807, 2.05) is 0 Å². The van der Waals surface area contributed by atoms with Gasteiger partial charge in [-0.25, -0.2) is 0 Å². The van der Waals surface area contributed by atoms with Crippen LogP contribution in [0.15, 0.2) is 0 Å². The second-order valence-corrected chi connectivity index (χ2v) is 1.22. The Morgan fingerprint density at radius 1 is 0.889 bits per heavy atom. The molecule has 9 heteroatoms. The summed E-state index contributed by atoms with van der Waals surface area (Å²) in [6.07, 6.45) is 0. The Hall–Kier alpha value is 0.803. The minimum atomic E-state index is -5.17. The maximum Gasteiger partial charge on any atom is 0.0311 e. The molecule has 0 bridgehead atoms. The summed E-state index contributed by atoms with van der Waals surface area (Å²) in [5, 5.41) is 0. The molecular formula is H6Co2N2O4S-2. The van der Waals surface area contributed by atoms with Crippen LogP contribution in [0.2, 0.25) is 0 Å². The Kier molecular flexibility index (Phi) is 42.4. The smallest absolute Gasteiger partial charge is 0.0311 e. The zero-order valence-corrected chi connectivity index (χ0v) is 7.02. The zero-order chi connectivity index (χ0) is 4.50. The van der Waals surface area contributed by atoms with Crippen LogP contribution in [0.5, 0.6) is 0 Å². The minimum Gasteiger partial charge on any atom is -0.759 e. The molecule has 0 aliphatic carbocycles. The standard InChI is InChI=1S/2Co.2H3N.H2O4S/c;;;;1-5(2,3)4/h;;2*1H3;(H2,1,2,3,4)/p-2. The minimum absolute atomic E-state index is 0. The van der Waals surface area contributed by atoms with Gasteiger partial charge in [-0.3, -0.25) is 8.42 Å². The topological polar surface area (TPSA) is 150 Å². The van der Waals surface area contributed by atoms with Crippen LogP contribution in [-0.4, -0.2) is 17.5 Å². The predicted octanol–water partition coefficient (Wildman–Crippen LogP) is -1.02. The Labute approximate surface area is 73.9 Å². The van der Waals surface area contributed by atoms with Crippen molar-refractivity contribution in [3.63, 3.8) is 0 Å². The number of hydrogen-bond acceptors (Lipinski definition) is 6. The van der Waals surface area contributed by atoms with Crippen molar-refractivity contribution in [3.8, 4) is 0 Å². The Balaban J connectivity index is -0.0000000133. The van der Waals surface area contributed by atoms with Crippen LogP contribution in [0, 0.1) is 0 Å². The molecule has 0 saturated heterocycles. The van der Waals surface area contributed by atoms with E-state index in [1.165, 1.54) is 0 Å². The van der Waals surface area contributed by atoms with E-state index in [-0.39, 0.29) is 45.9 Å². The Morgan fingerprint density at radius 2 is 0.889 bits per heavy atom. The second kappa shape index (κ2) is 11.6. The Bertz CT molecular complexity index is 99.7. The summed E-state index contributed by atoms with van der Waals surface area (Å²) in [4.78, 5) is 0. The van der Waals surface area contributed by atoms with E-state index in [4.69, 9.17) is 17.5 Å². The van der Waals surface area contributed by atoms with Gasteiger partial charge in [-0.05, 0) is 0 Å². The van der Waals surface area contributed by atoms with Crippen LogP contribution in [0.25, 0.3) is 0 Å².